The summed E-state index contributed by atoms with van der Waals surface area (Å²) in [5.41, 5.74) is 0.452. The van der Waals surface area contributed by atoms with Gasteiger partial charge in [0.05, 0.1) is 7.11 Å². The lowest BCUT2D eigenvalue weighted by atomic mass is 10.0. The van der Waals surface area contributed by atoms with E-state index in [9.17, 15) is 9.59 Å². The van der Waals surface area contributed by atoms with Crippen LogP contribution in [0.25, 0.3) is 0 Å². The second kappa shape index (κ2) is 7.94. The van der Waals surface area contributed by atoms with Crippen LogP contribution in [0.2, 0.25) is 0 Å². The predicted molar refractivity (Wildman–Crippen MR) is 87.3 cm³/mol. The third-order valence-corrected chi connectivity index (χ3v) is 3.90. The molecule has 0 fully saturated rings. The summed E-state index contributed by atoms with van der Waals surface area (Å²) in [7, 11) is 5.50. The summed E-state index contributed by atoms with van der Waals surface area (Å²) in [4.78, 5) is 26.0. The van der Waals surface area contributed by atoms with Gasteiger partial charge in [0.2, 0.25) is 5.91 Å². The zero-order valence-electron chi connectivity index (χ0n) is 14.1. The Bertz CT molecular complexity index is 524. The van der Waals surface area contributed by atoms with E-state index in [1.807, 2.05) is 14.1 Å². The molecular formula is C17H26N2O3. The quantitative estimate of drug-likeness (QED) is 0.747. The first-order chi connectivity index (χ1) is 10.3. The van der Waals surface area contributed by atoms with Gasteiger partial charge in [-0.3, -0.25) is 9.59 Å². The number of ketones is 1. The number of nitrogens with zero attached hydrogens (tertiary/aromatic N) is 1. The number of rotatable bonds is 8. The second-order valence-electron chi connectivity index (χ2n) is 6.14. The van der Waals surface area contributed by atoms with Crippen molar-refractivity contribution < 1.29 is 14.3 Å². The van der Waals surface area contributed by atoms with Crippen LogP contribution >= 0.6 is 0 Å². The van der Waals surface area contributed by atoms with Crippen molar-refractivity contribution in [1.82, 2.24) is 10.2 Å². The minimum atomic E-state index is -0.119. The maximum atomic E-state index is 12.1. The Morgan fingerprint density at radius 3 is 2.50 bits per heavy atom. The Morgan fingerprint density at radius 2 is 1.91 bits per heavy atom. The summed E-state index contributed by atoms with van der Waals surface area (Å²) in [5, 5.41) is 2.88. The molecule has 5 nitrogen and oxygen atoms in total. The molecule has 1 aromatic carbocycles. The molecule has 0 saturated heterocycles. The van der Waals surface area contributed by atoms with Gasteiger partial charge < -0.3 is 15.0 Å². The van der Waals surface area contributed by atoms with Crippen LogP contribution in [-0.2, 0) is 4.79 Å². The highest BCUT2D eigenvalue weighted by Crippen LogP contribution is 2.14. The van der Waals surface area contributed by atoms with Gasteiger partial charge in [0.1, 0.15) is 5.75 Å². The summed E-state index contributed by atoms with van der Waals surface area (Å²) < 4.78 is 5.09. The lowest BCUT2D eigenvalue weighted by Gasteiger charge is -2.32. The largest absolute Gasteiger partial charge is 0.497 e. The number of nitrogens with one attached hydrogen (secondary N) is 1. The lowest BCUT2D eigenvalue weighted by Crippen LogP contribution is -2.48. The van der Waals surface area contributed by atoms with Gasteiger partial charge >= 0.3 is 0 Å². The molecule has 0 saturated carbocycles. The first-order valence-corrected chi connectivity index (χ1v) is 7.37. The van der Waals surface area contributed by atoms with Crippen LogP contribution in [0.4, 0.5) is 0 Å². The Hall–Kier alpha value is -1.88. The molecule has 0 atom stereocenters. The SMILES string of the molecule is COc1cccc(C(=O)CCC(=O)NCC(C)(C)N(C)C)c1. The van der Waals surface area contributed by atoms with Gasteiger partial charge in [-0.05, 0) is 40.1 Å². The smallest absolute Gasteiger partial charge is 0.220 e. The zero-order chi connectivity index (χ0) is 16.8. The molecule has 122 valence electrons. The van der Waals surface area contributed by atoms with E-state index in [-0.39, 0.29) is 30.1 Å². The van der Waals surface area contributed by atoms with Crippen LogP contribution < -0.4 is 10.1 Å². The molecule has 0 heterocycles. The van der Waals surface area contributed by atoms with Crippen LogP contribution in [0.5, 0.6) is 5.75 Å². The van der Waals surface area contributed by atoms with E-state index in [1.54, 1.807) is 31.4 Å². The molecule has 5 heteroatoms. The van der Waals surface area contributed by atoms with E-state index in [4.69, 9.17) is 4.74 Å². The second-order valence-corrected chi connectivity index (χ2v) is 6.14. The summed E-state index contributed by atoms with van der Waals surface area (Å²) in [6, 6.07) is 6.98. The maximum Gasteiger partial charge on any atom is 0.220 e. The number of benzene rings is 1. The molecule has 0 aromatic heterocycles. The first-order valence-electron chi connectivity index (χ1n) is 7.37. The number of carbonyl (C=O) groups is 2. The van der Waals surface area contributed by atoms with Gasteiger partial charge in [-0.25, -0.2) is 0 Å². The zero-order valence-corrected chi connectivity index (χ0v) is 14.1. The molecule has 0 bridgehead atoms. The summed E-state index contributed by atoms with van der Waals surface area (Å²) in [6.45, 7) is 4.65. The molecule has 0 unspecified atom stereocenters. The van der Waals surface area contributed by atoms with E-state index in [0.717, 1.165) is 0 Å². The highest BCUT2D eigenvalue weighted by molar-refractivity contribution is 5.98. The standard InChI is InChI=1S/C17H26N2O3/c1-17(2,19(3)4)12-18-16(21)10-9-15(20)13-7-6-8-14(11-13)22-5/h6-8,11H,9-10,12H2,1-5H3,(H,18,21). The van der Waals surface area contributed by atoms with E-state index < -0.39 is 0 Å². The van der Waals surface area contributed by atoms with Gasteiger partial charge in [0, 0.05) is 30.5 Å². The molecule has 1 N–H and O–H groups in total. The fourth-order valence-electron chi connectivity index (χ4n) is 1.73. The number of ether oxygens (including phenoxy) is 1. The van der Waals surface area contributed by atoms with Crippen molar-refractivity contribution in [3.8, 4) is 5.75 Å². The van der Waals surface area contributed by atoms with Crippen molar-refractivity contribution in [2.24, 2.45) is 0 Å². The maximum absolute atomic E-state index is 12.1. The highest BCUT2D eigenvalue weighted by atomic mass is 16.5. The average molecular weight is 306 g/mol. The Morgan fingerprint density at radius 1 is 1.23 bits per heavy atom. The minimum Gasteiger partial charge on any atom is -0.497 e. The number of Topliss-reactive ketones (excluding diaryl/α,β-unsaturated/α-hetero) is 1. The molecule has 0 aliphatic rings. The minimum absolute atomic E-state index is 0.0547. The number of carbonyl (C=O) groups excluding carboxylic acids is 2. The third kappa shape index (κ3) is 5.48. The molecule has 0 aliphatic heterocycles. The summed E-state index contributed by atoms with van der Waals surface area (Å²) in [6.07, 6.45) is 0.390. The predicted octanol–water partition coefficient (Wildman–Crippen LogP) is 2.11. The molecule has 1 rings (SSSR count). The number of hydrogen-bond donors (Lipinski definition) is 1. The third-order valence-electron chi connectivity index (χ3n) is 3.90. The Labute approximate surface area is 132 Å². The van der Waals surface area contributed by atoms with E-state index in [1.165, 1.54) is 0 Å². The molecular weight excluding hydrogens is 280 g/mol. The van der Waals surface area contributed by atoms with Crippen LogP contribution in [0.3, 0.4) is 0 Å². The number of methoxy groups -OCH3 is 1. The molecule has 1 amide bonds. The van der Waals surface area contributed by atoms with Gasteiger partial charge in [-0.2, -0.15) is 0 Å². The lowest BCUT2D eigenvalue weighted by molar-refractivity contribution is -0.121. The van der Waals surface area contributed by atoms with Crippen LogP contribution in [-0.4, -0.2) is 49.9 Å². The van der Waals surface area contributed by atoms with Gasteiger partial charge in [0.15, 0.2) is 5.78 Å². The Kier molecular flexibility index (Phi) is 6.56. The van der Waals surface area contributed by atoms with Gasteiger partial charge in [0.25, 0.3) is 0 Å². The topological polar surface area (TPSA) is 58.6 Å². The molecule has 1 aromatic rings. The van der Waals surface area contributed by atoms with E-state index >= 15 is 0 Å². The van der Waals surface area contributed by atoms with Crippen molar-refractivity contribution >= 4 is 11.7 Å². The number of amides is 1. The molecule has 0 radical (unpaired) electrons. The highest BCUT2D eigenvalue weighted by Gasteiger charge is 2.21. The van der Waals surface area contributed by atoms with Crippen molar-refractivity contribution in [1.29, 1.82) is 0 Å². The van der Waals surface area contributed by atoms with E-state index in [0.29, 0.717) is 17.9 Å². The average Bonchev–Trinajstić information content (AvgIpc) is 2.50. The van der Waals surface area contributed by atoms with Gasteiger partial charge in [-0.15, -0.1) is 0 Å². The van der Waals surface area contributed by atoms with Crippen molar-refractivity contribution in [3.05, 3.63) is 29.8 Å². The fourth-order valence-corrected chi connectivity index (χ4v) is 1.73. The normalized spacial score (nSPS) is 11.4. The van der Waals surface area contributed by atoms with E-state index in [2.05, 4.69) is 24.1 Å². The number of likely N-dealkylation sites (N-methyl/N-ethyl adjacent to an activating group) is 1. The van der Waals surface area contributed by atoms with Crippen LogP contribution in [0.1, 0.15) is 37.0 Å². The molecule has 0 aliphatic carbocycles. The fraction of sp³-hybridized carbons (Fsp3) is 0.529. The summed E-state index contributed by atoms with van der Waals surface area (Å²) >= 11 is 0. The first kappa shape index (κ1) is 18.2. The van der Waals surface area contributed by atoms with Crippen LogP contribution in [0.15, 0.2) is 24.3 Å². The van der Waals surface area contributed by atoms with Crippen LogP contribution in [0, 0.1) is 0 Å². The van der Waals surface area contributed by atoms with Crippen molar-refractivity contribution in [3.63, 3.8) is 0 Å². The summed E-state index contributed by atoms with van der Waals surface area (Å²) in [5.74, 6) is 0.482. The van der Waals surface area contributed by atoms with Crippen molar-refractivity contribution in [2.75, 3.05) is 27.7 Å². The molecule has 22 heavy (non-hydrogen) atoms. The monoisotopic (exact) mass is 306 g/mol. The van der Waals surface area contributed by atoms with Crippen molar-refractivity contribution in [2.45, 2.75) is 32.2 Å². The van der Waals surface area contributed by atoms with Gasteiger partial charge in [-0.1, -0.05) is 12.1 Å². The Balaban J connectivity index is 2.45. The number of hydrogen-bond acceptors (Lipinski definition) is 4. The molecule has 0 spiro atoms.